The number of anilines is 3. The van der Waals surface area contributed by atoms with Gasteiger partial charge in [0.15, 0.2) is 0 Å². The minimum atomic E-state index is -0.260. The maximum Gasteiger partial charge on any atom is 0.350 e. The highest BCUT2D eigenvalue weighted by Crippen LogP contribution is 2.34. The molecule has 6 aromatic heterocycles. The molecule has 15 heteroatoms. The van der Waals surface area contributed by atoms with Crippen LogP contribution in [0.1, 0.15) is 50.7 Å². The Morgan fingerprint density at radius 3 is 1.34 bits per heavy atom. The van der Waals surface area contributed by atoms with E-state index >= 15 is 0 Å². The third-order valence-electron chi connectivity index (χ3n) is 8.76. The lowest BCUT2D eigenvalue weighted by Gasteiger charge is -2.10. The van der Waals surface area contributed by atoms with Crippen LogP contribution in [0.5, 0.6) is 0 Å². The predicted molar refractivity (Wildman–Crippen MR) is 215 cm³/mol. The van der Waals surface area contributed by atoms with Crippen LogP contribution in [0.15, 0.2) is 39.9 Å². The van der Waals surface area contributed by atoms with E-state index in [1.165, 1.54) is 25.8 Å². The van der Waals surface area contributed by atoms with Crippen molar-refractivity contribution in [3.05, 3.63) is 93.0 Å². The maximum atomic E-state index is 11.6. The van der Waals surface area contributed by atoms with Crippen molar-refractivity contribution in [3.8, 4) is 0 Å². The van der Waals surface area contributed by atoms with Crippen molar-refractivity contribution < 1.29 is 0 Å². The van der Waals surface area contributed by atoms with Crippen molar-refractivity contribution in [2.45, 2.75) is 75.0 Å². The Bertz CT molecular complexity index is 2450. The molecule has 50 heavy (non-hydrogen) atoms. The van der Waals surface area contributed by atoms with E-state index in [-0.39, 0.29) is 11.4 Å². The summed E-state index contributed by atoms with van der Waals surface area (Å²) in [6, 6.07) is 10.3. The van der Waals surface area contributed by atoms with Gasteiger partial charge < -0.3 is 21.8 Å². The van der Waals surface area contributed by atoms with Gasteiger partial charge in [0, 0.05) is 27.7 Å². The van der Waals surface area contributed by atoms with Crippen LogP contribution in [0.3, 0.4) is 0 Å². The number of nitrogens with two attached hydrogens (primary N) is 3. The Labute approximate surface area is 306 Å². The number of nitrogens with zero attached hydrogens (tertiary/aromatic N) is 6. The molecule has 0 aliphatic rings. The number of hydrogen-bond donors (Lipinski definition) is 3. The van der Waals surface area contributed by atoms with Crippen molar-refractivity contribution in [2.75, 3.05) is 17.2 Å². The number of aryl methyl sites for hydroxylation is 8. The smallest absolute Gasteiger partial charge is 0.350 e. The summed E-state index contributed by atoms with van der Waals surface area (Å²) in [5.41, 5.74) is 21.7. The summed E-state index contributed by atoms with van der Waals surface area (Å²) < 4.78 is 5.94. The van der Waals surface area contributed by atoms with Gasteiger partial charge >= 0.3 is 11.4 Å². The highest BCUT2D eigenvalue weighted by atomic mass is 32.1. The van der Waals surface area contributed by atoms with Gasteiger partial charge in [-0.05, 0) is 89.9 Å². The third-order valence-corrected chi connectivity index (χ3v) is 12.8. The lowest BCUT2D eigenvalue weighted by Crippen LogP contribution is -2.23. The van der Waals surface area contributed by atoms with E-state index in [1.54, 1.807) is 43.1 Å². The molecule has 0 fully saturated rings. The van der Waals surface area contributed by atoms with E-state index < -0.39 is 0 Å². The van der Waals surface area contributed by atoms with Gasteiger partial charge in [-0.2, -0.15) is 9.97 Å². The average molecular weight is 748 g/mol. The van der Waals surface area contributed by atoms with Crippen LogP contribution in [0.4, 0.5) is 17.5 Å². The molecular formula is C35H41N9O2S4. The van der Waals surface area contributed by atoms with E-state index in [0.717, 1.165) is 48.3 Å². The highest BCUT2D eigenvalue weighted by Gasteiger charge is 2.16. The van der Waals surface area contributed by atoms with Gasteiger partial charge in [0.05, 0.1) is 22.7 Å². The third kappa shape index (κ3) is 6.82. The molecule has 0 saturated heterocycles. The molecule has 1 aromatic carbocycles. The van der Waals surface area contributed by atoms with Crippen molar-refractivity contribution in [1.29, 1.82) is 0 Å². The number of fused-ring (bicyclic) bond motifs is 3. The largest absolute Gasteiger partial charge is 0.383 e. The number of rotatable bonds is 4. The fourth-order valence-electron chi connectivity index (χ4n) is 5.68. The number of nitrogen functional groups attached to an aromatic ring is 3. The van der Waals surface area contributed by atoms with E-state index in [2.05, 4.69) is 45.5 Å². The van der Waals surface area contributed by atoms with Gasteiger partial charge in [0.1, 0.15) is 31.9 Å². The van der Waals surface area contributed by atoms with Crippen LogP contribution in [0, 0.1) is 46.3 Å². The van der Waals surface area contributed by atoms with E-state index in [4.69, 9.17) is 29.4 Å². The Balaban J connectivity index is 0.000000148. The quantitative estimate of drug-likeness (QED) is 0.155. The molecule has 11 nitrogen and oxygen atoms in total. The summed E-state index contributed by atoms with van der Waals surface area (Å²) in [6.07, 6.45) is 0. The molecule has 262 valence electrons. The first-order chi connectivity index (χ1) is 23.7. The second-order valence-corrected chi connectivity index (χ2v) is 15.8. The first-order valence-corrected chi connectivity index (χ1v) is 18.9. The van der Waals surface area contributed by atoms with Crippen molar-refractivity contribution in [1.82, 2.24) is 28.7 Å². The Kier molecular flexibility index (Phi) is 10.9. The summed E-state index contributed by atoms with van der Waals surface area (Å²) >= 11 is 10.3. The molecule has 0 amide bonds. The van der Waals surface area contributed by atoms with Crippen LogP contribution < -0.4 is 28.6 Å². The van der Waals surface area contributed by atoms with Gasteiger partial charge in [0.25, 0.3) is 0 Å². The van der Waals surface area contributed by atoms with Gasteiger partial charge in [0.2, 0.25) is 4.77 Å². The van der Waals surface area contributed by atoms with Crippen LogP contribution >= 0.6 is 46.2 Å². The van der Waals surface area contributed by atoms with E-state index in [9.17, 15) is 9.59 Å². The second-order valence-electron chi connectivity index (χ2n) is 11.8. The van der Waals surface area contributed by atoms with Crippen molar-refractivity contribution in [3.63, 3.8) is 0 Å². The second kappa shape index (κ2) is 14.8. The van der Waals surface area contributed by atoms with Crippen LogP contribution in [0.25, 0.3) is 30.6 Å². The van der Waals surface area contributed by atoms with Gasteiger partial charge in [-0.3, -0.25) is 9.13 Å². The molecule has 0 aliphatic heterocycles. The molecule has 0 aliphatic carbocycles. The average Bonchev–Trinajstić information content (AvgIpc) is 3.65. The van der Waals surface area contributed by atoms with E-state index in [0.29, 0.717) is 35.3 Å². The van der Waals surface area contributed by atoms with Crippen molar-refractivity contribution in [2.24, 2.45) is 0 Å². The number of thiophene rings is 3. The van der Waals surface area contributed by atoms with E-state index in [1.807, 2.05) is 59.7 Å². The predicted octanol–water partition coefficient (Wildman–Crippen LogP) is 7.43. The lowest BCUT2D eigenvalue weighted by molar-refractivity contribution is 0.738. The first-order valence-electron chi connectivity index (χ1n) is 16.0. The Hall–Kier alpha value is -4.44. The standard InChI is InChI=1S/C15H15N3S2.2C10H13N3OS/c1-9-10(2)20-14-12(9)13(16)17-15(19)18(14)8-11-6-4-3-5-7-11;2*1-4-13-9-7(5(2)6(3)15-9)8(11)12-10(13)14/h3-7H,8H2,1-2H3,(H2,16,17,19);2*4H2,1-3H3,(H2,11,12,14). The molecule has 0 spiro atoms. The molecule has 0 unspecified atom stereocenters. The molecule has 7 aromatic rings. The Morgan fingerprint density at radius 1 is 0.600 bits per heavy atom. The monoisotopic (exact) mass is 747 g/mol. The Morgan fingerprint density at radius 2 is 0.960 bits per heavy atom. The highest BCUT2D eigenvalue weighted by molar-refractivity contribution is 7.71. The summed E-state index contributed by atoms with van der Waals surface area (Å²) in [6.45, 7) is 18.1. The zero-order valence-corrected chi connectivity index (χ0v) is 32.6. The molecule has 7 rings (SSSR count). The summed E-state index contributed by atoms with van der Waals surface area (Å²) in [4.78, 5) is 41.8. The minimum absolute atomic E-state index is 0.260. The number of benzene rings is 1. The van der Waals surface area contributed by atoms with Gasteiger partial charge in [-0.1, -0.05) is 30.3 Å². The fourth-order valence-corrected chi connectivity index (χ4v) is 9.61. The summed E-state index contributed by atoms with van der Waals surface area (Å²) in [7, 11) is 0. The van der Waals surface area contributed by atoms with Crippen molar-refractivity contribution >= 4 is 94.3 Å². The molecule has 0 saturated carbocycles. The molecule has 0 radical (unpaired) electrons. The fraction of sp³-hybridized carbons (Fsp3) is 0.314. The lowest BCUT2D eigenvalue weighted by atomic mass is 10.2. The first kappa shape index (κ1) is 36.8. The van der Waals surface area contributed by atoms with Gasteiger partial charge in [-0.25, -0.2) is 14.6 Å². The normalized spacial score (nSPS) is 11.1. The zero-order chi connectivity index (χ0) is 36.6. The van der Waals surface area contributed by atoms with Crippen LogP contribution in [0.2, 0.25) is 0 Å². The maximum absolute atomic E-state index is 11.6. The zero-order valence-electron chi connectivity index (χ0n) is 29.4. The number of hydrogen-bond acceptors (Lipinski definition) is 12. The molecular weight excluding hydrogens is 707 g/mol. The topological polar surface area (TPSA) is 166 Å². The SMILES string of the molecule is CCn1c(=O)nc(N)c2c(C)c(C)sc21.CCn1c(=O)nc(N)c2c(C)c(C)sc21.Cc1sc2c(c(N)nc(=S)n2Cc2ccccc2)c1C. The van der Waals surface area contributed by atoms with Gasteiger partial charge in [-0.15, -0.1) is 34.0 Å². The minimum Gasteiger partial charge on any atom is -0.383 e. The molecule has 0 bridgehead atoms. The summed E-state index contributed by atoms with van der Waals surface area (Å²) in [5, 5.41) is 2.90. The summed E-state index contributed by atoms with van der Waals surface area (Å²) in [5.74, 6) is 1.24. The van der Waals surface area contributed by atoms with Crippen LogP contribution in [-0.4, -0.2) is 28.7 Å². The molecule has 6 heterocycles. The molecule has 6 N–H and O–H groups in total. The number of aromatic nitrogens is 6. The molecule has 0 atom stereocenters. The van der Waals surface area contributed by atoms with Crippen LogP contribution in [-0.2, 0) is 19.6 Å².